The standard InChI is InChI=1S/C27H32N2O4/c30-16-15-24-26(22-7-3-1-4-8-22)27(23-9-5-2-6-10-23)28-29(24)17-20-11-13-21(14-12-20)18-33-19-25(31)32/h1-10,20-21,30H,11-19H2,(H,31,32). The molecule has 0 bridgehead atoms. The van der Waals surface area contributed by atoms with Crippen molar-refractivity contribution in [3.05, 3.63) is 66.4 Å². The lowest BCUT2D eigenvalue weighted by molar-refractivity contribution is -0.142. The van der Waals surface area contributed by atoms with Crippen LogP contribution in [0.5, 0.6) is 0 Å². The molecule has 0 spiro atoms. The van der Waals surface area contributed by atoms with E-state index in [1.807, 2.05) is 36.4 Å². The SMILES string of the molecule is O=C(O)COCC1CCC(Cn2nc(-c3ccccc3)c(-c3ccccc3)c2CCO)CC1. The van der Waals surface area contributed by atoms with Gasteiger partial charge in [-0.3, -0.25) is 4.68 Å². The summed E-state index contributed by atoms with van der Waals surface area (Å²) in [5.41, 5.74) is 5.33. The highest BCUT2D eigenvalue weighted by Gasteiger charge is 2.25. The maximum atomic E-state index is 10.7. The van der Waals surface area contributed by atoms with Crippen LogP contribution in [0.15, 0.2) is 60.7 Å². The molecule has 6 nitrogen and oxygen atoms in total. The van der Waals surface area contributed by atoms with E-state index < -0.39 is 5.97 Å². The van der Waals surface area contributed by atoms with Crippen molar-refractivity contribution in [2.45, 2.75) is 38.6 Å². The first-order valence-electron chi connectivity index (χ1n) is 11.8. The first-order chi connectivity index (χ1) is 16.2. The van der Waals surface area contributed by atoms with Crippen LogP contribution in [0.2, 0.25) is 0 Å². The van der Waals surface area contributed by atoms with Gasteiger partial charge in [0.05, 0.1) is 6.61 Å². The number of hydrogen-bond donors (Lipinski definition) is 2. The minimum absolute atomic E-state index is 0.0768. The number of carboxylic acid groups (broad SMARTS) is 1. The van der Waals surface area contributed by atoms with Crippen LogP contribution in [0.25, 0.3) is 22.4 Å². The van der Waals surface area contributed by atoms with Gasteiger partial charge in [-0.1, -0.05) is 60.7 Å². The van der Waals surface area contributed by atoms with Crippen LogP contribution < -0.4 is 0 Å². The number of benzene rings is 2. The minimum atomic E-state index is -0.915. The maximum Gasteiger partial charge on any atom is 0.329 e. The summed E-state index contributed by atoms with van der Waals surface area (Å²) in [6.07, 6.45) is 4.78. The molecule has 1 saturated carbocycles. The fourth-order valence-electron chi connectivity index (χ4n) is 4.85. The van der Waals surface area contributed by atoms with Gasteiger partial charge in [-0.05, 0) is 43.1 Å². The van der Waals surface area contributed by atoms with E-state index in [1.54, 1.807) is 0 Å². The van der Waals surface area contributed by atoms with Crippen LogP contribution in [0.3, 0.4) is 0 Å². The van der Waals surface area contributed by atoms with E-state index in [9.17, 15) is 9.90 Å². The Balaban J connectivity index is 1.56. The monoisotopic (exact) mass is 448 g/mol. The van der Waals surface area contributed by atoms with Crippen molar-refractivity contribution in [3.63, 3.8) is 0 Å². The van der Waals surface area contributed by atoms with Gasteiger partial charge in [-0.15, -0.1) is 0 Å². The van der Waals surface area contributed by atoms with Gasteiger partial charge in [0.15, 0.2) is 0 Å². The summed E-state index contributed by atoms with van der Waals surface area (Å²) < 4.78 is 7.43. The molecule has 0 amide bonds. The first-order valence-corrected chi connectivity index (χ1v) is 11.8. The molecule has 1 aliphatic carbocycles. The second kappa shape index (κ2) is 11.3. The Labute approximate surface area is 194 Å². The second-order valence-electron chi connectivity index (χ2n) is 8.85. The molecule has 1 fully saturated rings. The lowest BCUT2D eigenvalue weighted by atomic mass is 9.82. The van der Waals surface area contributed by atoms with Gasteiger partial charge in [0, 0.05) is 36.4 Å². The van der Waals surface area contributed by atoms with Gasteiger partial charge in [-0.25, -0.2) is 4.79 Å². The zero-order chi connectivity index (χ0) is 23.0. The summed E-state index contributed by atoms with van der Waals surface area (Å²) in [5, 5.41) is 23.7. The van der Waals surface area contributed by atoms with Gasteiger partial charge in [-0.2, -0.15) is 5.10 Å². The third kappa shape index (κ3) is 5.89. The van der Waals surface area contributed by atoms with Gasteiger partial charge in [0.2, 0.25) is 0 Å². The molecule has 174 valence electrons. The van der Waals surface area contributed by atoms with Crippen LogP contribution in [0.1, 0.15) is 31.4 Å². The molecule has 1 aliphatic rings. The van der Waals surface area contributed by atoms with Crippen molar-refractivity contribution >= 4 is 5.97 Å². The van der Waals surface area contributed by atoms with E-state index in [0.717, 1.165) is 60.3 Å². The number of aromatic nitrogens is 2. The zero-order valence-electron chi connectivity index (χ0n) is 18.9. The molecule has 2 N–H and O–H groups in total. The van der Waals surface area contributed by atoms with Crippen molar-refractivity contribution in [2.75, 3.05) is 19.8 Å². The van der Waals surface area contributed by atoms with Crippen LogP contribution >= 0.6 is 0 Å². The first kappa shape index (κ1) is 23.2. The summed E-state index contributed by atoms with van der Waals surface area (Å²) in [7, 11) is 0. The van der Waals surface area contributed by atoms with Crippen LogP contribution in [0, 0.1) is 11.8 Å². The highest BCUT2D eigenvalue weighted by molar-refractivity contribution is 5.82. The topological polar surface area (TPSA) is 84.6 Å². The highest BCUT2D eigenvalue weighted by Crippen LogP contribution is 2.37. The quantitative estimate of drug-likeness (QED) is 0.471. The number of aliphatic hydroxyl groups excluding tert-OH is 1. The molecular weight excluding hydrogens is 416 g/mol. The molecule has 1 heterocycles. The van der Waals surface area contributed by atoms with E-state index >= 15 is 0 Å². The van der Waals surface area contributed by atoms with Gasteiger partial charge < -0.3 is 14.9 Å². The molecule has 0 saturated heterocycles. The van der Waals surface area contributed by atoms with Crippen molar-refractivity contribution in [1.82, 2.24) is 9.78 Å². The van der Waals surface area contributed by atoms with E-state index in [0.29, 0.717) is 24.9 Å². The smallest absolute Gasteiger partial charge is 0.329 e. The van der Waals surface area contributed by atoms with Crippen LogP contribution in [0.4, 0.5) is 0 Å². The minimum Gasteiger partial charge on any atom is -0.480 e. The number of carboxylic acids is 1. The van der Waals surface area contributed by atoms with Crippen molar-refractivity contribution in [1.29, 1.82) is 0 Å². The summed E-state index contributed by atoms with van der Waals surface area (Å²) in [6, 6.07) is 20.6. The van der Waals surface area contributed by atoms with E-state index in [1.165, 1.54) is 0 Å². The van der Waals surface area contributed by atoms with E-state index in [-0.39, 0.29) is 13.2 Å². The summed E-state index contributed by atoms with van der Waals surface area (Å²) >= 11 is 0. The zero-order valence-corrected chi connectivity index (χ0v) is 18.9. The molecule has 1 aromatic heterocycles. The average Bonchev–Trinajstić information content (AvgIpc) is 3.19. The summed E-state index contributed by atoms with van der Waals surface area (Å²) in [6.45, 7) is 1.20. The Morgan fingerprint density at radius 3 is 2.15 bits per heavy atom. The van der Waals surface area contributed by atoms with E-state index in [2.05, 4.69) is 28.9 Å². The number of aliphatic carboxylic acids is 1. The third-order valence-corrected chi connectivity index (χ3v) is 6.49. The summed E-state index contributed by atoms with van der Waals surface area (Å²) in [4.78, 5) is 10.7. The fourth-order valence-corrected chi connectivity index (χ4v) is 4.85. The Morgan fingerprint density at radius 1 is 0.939 bits per heavy atom. The van der Waals surface area contributed by atoms with Gasteiger partial charge in [0.1, 0.15) is 12.3 Å². The van der Waals surface area contributed by atoms with Gasteiger partial charge in [0.25, 0.3) is 0 Å². The van der Waals surface area contributed by atoms with Crippen molar-refractivity contribution < 1.29 is 19.7 Å². The van der Waals surface area contributed by atoms with Gasteiger partial charge >= 0.3 is 5.97 Å². The summed E-state index contributed by atoms with van der Waals surface area (Å²) in [5.74, 6) is 0.0161. The molecule has 3 aromatic rings. The fraction of sp³-hybridized carbons (Fsp3) is 0.407. The molecule has 6 heteroatoms. The number of ether oxygens (including phenoxy) is 1. The Kier molecular flexibility index (Phi) is 7.92. The van der Waals surface area contributed by atoms with E-state index in [4.69, 9.17) is 14.9 Å². The molecule has 0 radical (unpaired) electrons. The average molecular weight is 449 g/mol. The lowest BCUT2D eigenvalue weighted by Crippen LogP contribution is -2.24. The molecule has 0 atom stereocenters. The highest BCUT2D eigenvalue weighted by atomic mass is 16.5. The normalized spacial score (nSPS) is 18.3. The largest absolute Gasteiger partial charge is 0.480 e. The Bertz CT molecular complexity index is 1030. The second-order valence-corrected chi connectivity index (χ2v) is 8.85. The third-order valence-electron chi connectivity index (χ3n) is 6.49. The lowest BCUT2D eigenvalue weighted by Gasteiger charge is -2.28. The number of rotatable bonds is 10. The Morgan fingerprint density at radius 2 is 1.55 bits per heavy atom. The van der Waals surface area contributed by atoms with Crippen molar-refractivity contribution in [3.8, 4) is 22.4 Å². The van der Waals surface area contributed by atoms with Crippen LogP contribution in [-0.2, 0) is 22.5 Å². The van der Waals surface area contributed by atoms with Crippen molar-refractivity contribution in [2.24, 2.45) is 11.8 Å². The number of carbonyl (C=O) groups is 1. The number of aliphatic hydroxyl groups is 1. The molecule has 4 rings (SSSR count). The predicted octanol–water partition coefficient (Wildman–Crippen LogP) is 4.66. The molecule has 2 aromatic carbocycles. The molecular formula is C27H32N2O4. The van der Waals surface area contributed by atoms with Crippen LogP contribution in [-0.4, -0.2) is 45.8 Å². The maximum absolute atomic E-state index is 10.7. The molecule has 0 aliphatic heterocycles. The predicted molar refractivity (Wildman–Crippen MR) is 128 cm³/mol. The molecule has 0 unspecified atom stereocenters. The molecule has 33 heavy (non-hydrogen) atoms. The Hall–Kier alpha value is -2.96. The number of hydrogen-bond acceptors (Lipinski definition) is 4. The number of nitrogens with zero attached hydrogens (tertiary/aromatic N) is 2.